The molecule has 1 aromatic heterocycles. The fourth-order valence-corrected chi connectivity index (χ4v) is 3.05. The molecule has 2 aromatic carbocycles. The van der Waals surface area contributed by atoms with Crippen LogP contribution in [0.25, 0.3) is 11.0 Å². The molecule has 4 rings (SSSR count). The molecule has 1 aliphatic carbocycles. The number of aliphatic hydroxyl groups excluding tert-OH is 1. The van der Waals surface area contributed by atoms with Crippen molar-refractivity contribution < 1.29 is 9.84 Å². The largest absolute Gasteiger partial charge is 0.491 e. The number of rotatable bonds is 6. The predicted molar refractivity (Wildman–Crippen MR) is 94.7 cm³/mol. The van der Waals surface area contributed by atoms with Gasteiger partial charge in [0.1, 0.15) is 24.3 Å². The molecule has 3 aromatic rings. The van der Waals surface area contributed by atoms with Crippen molar-refractivity contribution in [1.29, 1.82) is 0 Å². The third kappa shape index (κ3) is 3.25. The lowest BCUT2D eigenvalue weighted by Gasteiger charge is -2.15. The van der Waals surface area contributed by atoms with E-state index in [1.807, 2.05) is 18.2 Å². The first kappa shape index (κ1) is 15.5. The van der Waals surface area contributed by atoms with Crippen LogP contribution >= 0.6 is 11.6 Å². The molecule has 0 saturated heterocycles. The zero-order valence-electron chi connectivity index (χ0n) is 13.2. The van der Waals surface area contributed by atoms with Gasteiger partial charge in [0.25, 0.3) is 0 Å². The van der Waals surface area contributed by atoms with E-state index in [1.165, 1.54) is 12.8 Å². The van der Waals surface area contributed by atoms with Gasteiger partial charge >= 0.3 is 0 Å². The van der Waals surface area contributed by atoms with Crippen molar-refractivity contribution in [1.82, 2.24) is 9.55 Å². The predicted octanol–water partition coefficient (Wildman–Crippen LogP) is 4.01. The summed E-state index contributed by atoms with van der Waals surface area (Å²) in [5.41, 5.74) is 2.06. The van der Waals surface area contributed by atoms with Crippen LogP contribution in [0.3, 0.4) is 0 Å². The number of benzene rings is 2. The monoisotopic (exact) mass is 342 g/mol. The number of para-hydroxylation sites is 2. The van der Waals surface area contributed by atoms with E-state index in [9.17, 15) is 5.11 Å². The van der Waals surface area contributed by atoms with Gasteiger partial charge in [-0.25, -0.2) is 4.98 Å². The minimum Gasteiger partial charge on any atom is -0.491 e. The summed E-state index contributed by atoms with van der Waals surface area (Å²) < 4.78 is 7.80. The molecular formula is C19H19ClN2O2. The molecule has 1 N–H and O–H groups in total. The summed E-state index contributed by atoms with van der Waals surface area (Å²) in [6.07, 6.45) is 1.76. The van der Waals surface area contributed by atoms with Crippen LogP contribution in [0.15, 0.2) is 48.5 Å². The molecule has 1 aliphatic rings. The molecule has 1 saturated carbocycles. The Kier molecular flexibility index (Phi) is 4.17. The van der Waals surface area contributed by atoms with Gasteiger partial charge in [-0.3, -0.25) is 0 Å². The lowest BCUT2D eigenvalue weighted by molar-refractivity contribution is 0.0927. The number of aromatic nitrogens is 2. The van der Waals surface area contributed by atoms with Crippen LogP contribution in [-0.4, -0.2) is 27.4 Å². The highest BCUT2D eigenvalue weighted by molar-refractivity contribution is 6.30. The summed E-state index contributed by atoms with van der Waals surface area (Å²) >= 11 is 5.86. The molecule has 0 bridgehead atoms. The zero-order chi connectivity index (χ0) is 16.5. The molecule has 4 nitrogen and oxygen atoms in total. The molecule has 0 radical (unpaired) electrons. The molecule has 1 heterocycles. The molecule has 5 heteroatoms. The Morgan fingerprint density at radius 2 is 1.92 bits per heavy atom. The van der Waals surface area contributed by atoms with E-state index in [0.29, 0.717) is 23.2 Å². The van der Waals surface area contributed by atoms with Gasteiger partial charge in [-0.05, 0) is 49.2 Å². The number of nitrogens with zero attached hydrogens (tertiary/aromatic N) is 2. The first-order chi connectivity index (χ1) is 11.7. The molecule has 0 amide bonds. The number of halogens is 1. The maximum absolute atomic E-state index is 10.4. The maximum atomic E-state index is 10.4. The summed E-state index contributed by atoms with van der Waals surface area (Å²) in [4.78, 5) is 4.75. The van der Waals surface area contributed by atoms with E-state index in [1.54, 1.807) is 24.3 Å². The van der Waals surface area contributed by atoms with Crippen molar-refractivity contribution in [3.63, 3.8) is 0 Å². The van der Waals surface area contributed by atoms with Crippen molar-refractivity contribution in [2.24, 2.45) is 0 Å². The molecule has 0 spiro atoms. The molecule has 0 aliphatic heterocycles. The van der Waals surface area contributed by atoms with Gasteiger partial charge < -0.3 is 14.4 Å². The number of aliphatic hydroxyl groups is 1. The Balaban J connectivity index is 1.49. The third-order valence-corrected chi connectivity index (χ3v) is 4.53. The zero-order valence-corrected chi connectivity index (χ0v) is 14.0. The average Bonchev–Trinajstić information content (AvgIpc) is 3.38. The summed E-state index contributed by atoms with van der Waals surface area (Å²) in [5.74, 6) is 2.32. The quantitative estimate of drug-likeness (QED) is 0.736. The van der Waals surface area contributed by atoms with Gasteiger partial charge in [0.15, 0.2) is 0 Å². The second kappa shape index (κ2) is 6.46. The van der Waals surface area contributed by atoms with Gasteiger partial charge in [0.05, 0.1) is 17.6 Å². The molecular weight excluding hydrogens is 324 g/mol. The highest BCUT2D eigenvalue weighted by Crippen LogP contribution is 2.40. The standard InChI is InChI=1S/C19H19ClN2O2/c20-14-7-9-16(10-8-14)24-12-15(23)11-22-18-4-2-1-3-17(18)21-19(22)13-5-6-13/h1-4,7-10,13,15,23H,5-6,11-12H2/t15-/m1/s1. The summed E-state index contributed by atoms with van der Waals surface area (Å²) in [6, 6.07) is 15.2. The van der Waals surface area contributed by atoms with E-state index >= 15 is 0 Å². The number of hydrogen-bond donors (Lipinski definition) is 1. The highest BCUT2D eigenvalue weighted by Gasteiger charge is 2.30. The Bertz CT molecular complexity index is 840. The number of fused-ring (bicyclic) bond motifs is 1. The second-order valence-corrected chi connectivity index (χ2v) is 6.70. The smallest absolute Gasteiger partial charge is 0.119 e. The summed E-state index contributed by atoms with van der Waals surface area (Å²) in [5, 5.41) is 11.1. The van der Waals surface area contributed by atoms with Crippen molar-refractivity contribution in [2.75, 3.05) is 6.61 Å². The fourth-order valence-electron chi connectivity index (χ4n) is 2.93. The normalized spacial score (nSPS) is 15.6. The SMILES string of the molecule is O[C@@H](COc1ccc(Cl)cc1)Cn1c(C2CC2)nc2ccccc21. The van der Waals surface area contributed by atoms with Crippen molar-refractivity contribution in [3.05, 3.63) is 59.4 Å². The van der Waals surface area contributed by atoms with E-state index in [2.05, 4.69) is 10.6 Å². The minimum absolute atomic E-state index is 0.234. The van der Waals surface area contributed by atoms with Crippen LogP contribution in [0.2, 0.25) is 5.02 Å². The molecule has 1 fully saturated rings. The number of imidazole rings is 1. The Labute approximate surface area is 145 Å². The van der Waals surface area contributed by atoms with Crippen molar-refractivity contribution >= 4 is 22.6 Å². The lowest BCUT2D eigenvalue weighted by atomic mass is 10.3. The first-order valence-corrected chi connectivity index (χ1v) is 8.60. The average molecular weight is 343 g/mol. The van der Waals surface area contributed by atoms with Gasteiger partial charge in [0.2, 0.25) is 0 Å². The molecule has 124 valence electrons. The van der Waals surface area contributed by atoms with E-state index < -0.39 is 6.10 Å². The van der Waals surface area contributed by atoms with Crippen LogP contribution in [0, 0.1) is 0 Å². The molecule has 0 unspecified atom stereocenters. The summed E-state index contributed by atoms with van der Waals surface area (Å²) in [7, 11) is 0. The summed E-state index contributed by atoms with van der Waals surface area (Å²) in [6.45, 7) is 0.720. The Morgan fingerprint density at radius 3 is 2.67 bits per heavy atom. The lowest BCUT2D eigenvalue weighted by Crippen LogP contribution is -2.24. The molecule has 1 atom stereocenters. The van der Waals surface area contributed by atoms with Gasteiger partial charge in [-0.2, -0.15) is 0 Å². The van der Waals surface area contributed by atoms with Gasteiger partial charge in [0, 0.05) is 10.9 Å². The molecule has 24 heavy (non-hydrogen) atoms. The van der Waals surface area contributed by atoms with E-state index in [4.69, 9.17) is 21.3 Å². The fraction of sp³-hybridized carbons (Fsp3) is 0.316. The third-order valence-electron chi connectivity index (χ3n) is 4.28. The highest BCUT2D eigenvalue weighted by atomic mass is 35.5. The van der Waals surface area contributed by atoms with Gasteiger partial charge in [-0.15, -0.1) is 0 Å². The maximum Gasteiger partial charge on any atom is 0.119 e. The second-order valence-electron chi connectivity index (χ2n) is 6.26. The van der Waals surface area contributed by atoms with Crippen LogP contribution < -0.4 is 4.74 Å². The van der Waals surface area contributed by atoms with Gasteiger partial charge in [-0.1, -0.05) is 23.7 Å². The van der Waals surface area contributed by atoms with Crippen molar-refractivity contribution in [3.8, 4) is 5.75 Å². The van der Waals surface area contributed by atoms with Crippen LogP contribution in [0.5, 0.6) is 5.75 Å². The van der Waals surface area contributed by atoms with E-state index in [0.717, 1.165) is 16.9 Å². The first-order valence-electron chi connectivity index (χ1n) is 8.22. The number of hydrogen-bond acceptors (Lipinski definition) is 3. The van der Waals surface area contributed by atoms with Crippen LogP contribution in [0.4, 0.5) is 0 Å². The van der Waals surface area contributed by atoms with Crippen LogP contribution in [0.1, 0.15) is 24.6 Å². The Morgan fingerprint density at radius 1 is 1.17 bits per heavy atom. The topological polar surface area (TPSA) is 47.3 Å². The Hall–Kier alpha value is -2.04. The van der Waals surface area contributed by atoms with E-state index in [-0.39, 0.29) is 6.61 Å². The minimum atomic E-state index is -0.601. The van der Waals surface area contributed by atoms with Crippen LogP contribution in [-0.2, 0) is 6.54 Å². The number of ether oxygens (including phenoxy) is 1. The van der Waals surface area contributed by atoms with Crippen molar-refractivity contribution in [2.45, 2.75) is 31.4 Å².